The van der Waals surface area contributed by atoms with E-state index in [9.17, 15) is 4.79 Å². The van der Waals surface area contributed by atoms with Gasteiger partial charge in [-0.2, -0.15) is 0 Å². The second kappa shape index (κ2) is 3.28. The minimum absolute atomic E-state index is 0.188. The Hall–Kier alpha value is -1.02. The topological polar surface area (TPSA) is 20.3 Å². The van der Waals surface area contributed by atoms with Crippen molar-refractivity contribution in [3.05, 3.63) is 28.8 Å². The number of hydrogen-bond acceptors (Lipinski definition) is 2. The average molecular weight is 210 g/mol. The zero-order chi connectivity index (χ0) is 10.3. The minimum Gasteiger partial charge on any atom is -0.370 e. The van der Waals surface area contributed by atoms with Gasteiger partial charge in [-0.05, 0) is 19.1 Å². The number of benzene rings is 1. The first-order valence-corrected chi connectivity index (χ1v) is 5.03. The quantitative estimate of drug-likeness (QED) is 0.655. The van der Waals surface area contributed by atoms with Crippen LogP contribution in [-0.2, 0) is 0 Å². The lowest BCUT2D eigenvalue weighted by atomic mass is 9.96. The van der Waals surface area contributed by atoms with E-state index >= 15 is 0 Å². The summed E-state index contributed by atoms with van der Waals surface area (Å²) in [5, 5.41) is 0.657. The lowest BCUT2D eigenvalue weighted by Gasteiger charge is -2.33. The van der Waals surface area contributed by atoms with Crippen molar-refractivity contribution in [3.8, 4) is 0 Å². The van der Waals surface area contributed by atoms with Gasteiger partial charge in [0.25, 0.3) is 0 Å². The van der Waals surface area contributed by atoms with E-state index in [1.807, 2.05) is 32.2 Å². The fraction of sp³-hybridized carbons (Fsp3) is 0.364. The van der Waals surface area contributed by atoms with Crippen LogP contribution in [0.3, 0.4) is 0 Å². The molecule has 1 aliphatic rings. The summed E-state index contributed by atoms with van der Waals surface area (Å²) in [4.78, 5) is 13.8. The number of fused-ring (bicyclic) bond motifs is 1. The number of nitrogens with zero attached hydrogens (tertiary/aromatic N) is 1. The molecular weight excluding hydrogens is 198 g/mol. The molecule has 1 heterocycles. The number of para-hydroxylation sites is 1. The number of rotatable bonds is 0. The summed E-state index contributed by atoms with van der Waals surface area (Å²) in [6.07, 6.45) is 0.573. The number of carbonyl (C=O) groups is 1. The van der Waals surface area contributed by atoms with E-state index in [-0.39, 0.29) is 11.8 Å². The molecule has 1 aromatic rings. The molecule has 0 aromatic heterocycles. The maximum Gasteiger partial charge on any atom is 0.167 e. The van der Waals surface area contributed by atoms with Crippen LogP contribution in [0.1, 0.15) is 23.7 Å². The molecule has 0 fully saturated rings. The van der Waals surface area contributed by atoms with E-state index in [1.165, 1.54) is 0 Å². The van der Waals surface area contributed by atoms with Gasteiger partial charge < -0.3 is 4.90 Å². The van der Waals surface area contributed by atoms with Crippen LogP contribution in [0.25, 0.3) is 0 Å². The van der Waals surface area contributed by atoms with Gasteiger partial charge in [-0.15, -0.1) is 0 Å². The van der Waals surface area contributed by atoms with E-state index in [1.54, 1.807) is 0 Å². The van der Waals surface area contributed by atoms with Crippen LogP contribution >= 0.6 is 11.6 Å². The number of Topliss-reactive ketones (excluding diaryl/α,β-unsaturated/α-hetero) is 1. The molecule has 1 unspecified atom stereocenters. The minimum atomic E-state index is 0.188. The van der Waals surface area contributed by atoms with Gasteiger partial charge in [-0.1, -0.05) is 17.7 Å². The van der Waals surface area contributed by atoms with Crippen LogP contribution in [0, 0.1) is 0 Å². The Morgan fingerprint density at radius 3 is 2.93 bits per heavy atom. The van der Waals surface area contributed by atoms with Gasteiger partial charge >= 0.3 is 0 Å². The van der Waals surface area contributed by atoms with E-state index in [4.69, 9.17) is 11.6 Å². The molecule has 2 rings (SSSR count). The van der Waals surface area contributed by atoms with Crippen molar-refractivity contribution in [1.82, 2.24) is 0 Å². The second-order valence-corrected chi connectivity index (χ2v) is 4.13. The molecule has 0 saturated heterocycles. The highest BCUT2D eigenvalue weighted by Gasteiger charge is 2.27. The Morgan fingerprint density at radius 1 is 1.50 bits per heavy atom. The summed E-state index contributed by atoms with van der Waals surface area (Å²) in [6.45, 7) is 2.03. The van der Waals surface area contributed by atoms with Crippen molar-refractivity contribution in [2.75, 3.05) is 11.9 Å². The summed E-state index contributed by atoms with van der Waals surface area (Å²) < 4.78 is 0. The largest absolute Gasteiger partial charge is 0.370 e. The third-order valence-corrected chi connectivity index (χ3v) is 3.09. The molecule has 0 bridgehead atoms. The van der Waals surface area contributed by atoms with E-state index in [2.05, 4.69) is 4.90 Å². The normalized spacial score (nSPS) is 20.9. The average Bonchev–Trinajstić information content (AvgIpc) is 2.14. The van der Waals surface area contributed by atoms with Crippen LogP contribution in [0.15, 0.2) is 18.2 Å². The number of carbonyl (C=O) groups excluding carboxylic acids is 1. The first kappa shape index (κ1) is 9.53. The standard InChI is InChI=1S/C11H12ClNO/c1-7-6-10(14)8-4-3-5-9(12)11(8)13(7)2/h3-5,7H,6H2,1-2H3. The molecule has 0 radical (unpaired) electrons. The maximum absolute atomic E-state index is 11.7. The van der Waals surface area contributed by atoms with Crippen molar-refractivity contribution in [2.45, 2.75) is 19.4 Å². The van der Waals surface area contributed by atoms with Gasteiger partial charge in [-0.3, -0.25) is 4.79 Å². The molecule has 1 atom stereocenters. The molecule has 0 spiro atoms. The fourth-order valence-corrected chi connectivity index (χ4v) is 2.14. The highest BCUT2D eigenvalue weighted by atomic mass is 35.5. The number of anilines is 1. The Balaban J connectivity index is 2.62. The predicted octanol–water partition coefficient (Wildman–Crippen LogP) is 2.75. The smallest absolute Gasteiger partial charge is 0.167 e. The molecule has 0 saturated carbocycles. The predicted molar refractivity (Wildman–Crippen MR) is 58.3 cm³/mol. The zero-order valence-corrected chi connectivity index (χ0v) is 9.01. The Labute approximate surface area is 88.5 Å². The van der Waals surface area contributed by atoms with Crippen LogP contribution in [-0.4, -0.2) is 18.9 Å². The summed E-state index contributed by atoms with van der Waals surface area (Å²) >= 11 is 6.07. The van der Waals surface area contributed by atoms with Gasteiger partial charge in [0.2, 0.25) is 0 Å². The maximum atomic E-state index is 11.7. The van der Waals surface area contributed by atoms with Crippen molar-refractivity contribution < 1.29 is 4.79 Å². The van der Waals surface area contributed by atoms with Crippen molar-refractivity contribution >= 4 is 23.1 Å². The first-order valence-electron chi connectivity index (χ1n) is 4.66. The third-order valence-electron chi connectivity index (χ3n) is 2.78. The summed E-state index contributed by atoms with van der Waals surface area (Å²) in [7, 11) is 1.97. The van der Waals surface area contributed by atoms with Gasteiger partial charge in [0.1, 0.15) is 0 Å². The van der Waals surface area contributed by atoms with Crippen LogP contribution in [0.5, 0.6) is 0 Å². The monoisotopic (exact) mass is 209 g/mol. The number of hydrogen-bond donors (Lipinski definition) is 0. The Morgan fingerprint density at radius 2 is 2.21 bits per heavy atom. The number of ketones is 1. The van der Waals surface area contributed by atoms with Gasteiger partial charge in [0, 0.05) is 25.1 Å². The SMILES string of the molecule is CC1CC(=O)c2cccc(Cl)c2N1C. The Bertz CT molecular complexity index is 389. The highest BCUT2D eigenvalue weighted by molar-refractivity contribution is 6.34. The summed E-state index contributed by atoms with van der Waals surface area (Å²) in [5.74, 6) is 0.188. The van der Waals surface area contributed by atoms with E-state index < -0.39 is 0 Å². The van der Waals surface area contributed by atoms with Crippen LogP contribution in [0.2, 0.25) is 5.02 Å². The van der Waals surface area contributed by atoms with Crippen molar-refractivity contribution in [3.63, 3.8) is 0 Å². The molecule has 2 nitrogen and oxygen atoms in total. The van der Waals surface area contributed by atoms with Crippen molar-refractivity contribution in [1.29, 1.82) is 0 Å². The molecule has 0 amide bonds. The molecule has 1 aliphatic heterocycles. The molecule has 1 aromatic carbocycles. The molecule has 74 valence electrons. The van der Waals surface area contributed by atoms with Gasteiger partial charge in [0.15, 0.2) is 5.78 Å². The van der Waals surface area contributed by atoms with Gasteiger partial charge in [0.05, 0.1) is 10.7 Å². The molecule has 14 heavy (non-hydrogen) atoms. The fourth-order valence-electron chi connectivity index (χ4n) is 1.83. The van der Waals surface area contributed by atoms with Crippen LogP contribution < -0.4 is 4.90 Å². The zero-order valence-electron chi connectivity index (χ0n) is 8.25. The van der Waals surface area contributed by atoms with E-state index in [0.29, 0.717) is 11.4 Å². The summed E-state index contributed by atoms with van der Waals surface area (Å²) in [5.41, 5.74) is 1.62. The molecule has 3 heteroatoms. The molecule has 0 aliphatic carbocycles. The van der Waals surface area contributed by atoms with Crippen LogP contribution in [0.4, 0.5) is 5.69 Å². The second-order valence-electron chi connectivity index (χ2n) is 3.72. The molecular formula is C11H12ClNO. The summed E-state index contributed by atoms with van der Waals surface area (Å²) in [6, 6.07) is 5.71. The first-order chi connectivity index (χ1) is 6.61. The van der Waals surface area contributed by atoms with Gasteiger partial charge in [-0.25, -0.2) is 0 Å². The van der Waals surface area contributed by atoms with E-state index in [0.717, 1.165) is 11.3 Å². The lowest BCUT2D eigenvalue weighted by Crippen LogP contribution is -2.36. The number of halogens is 1. The molecule has 0 N–H and O–H groups in total. The lowest BCUT2D eigenvalue weighted by molar-refractivity contribution is 0.0969. The Kier molecular flexibility index (Phi) is 2.23. The van der Waals surface area contributed by atoms with Crippen molar-refractivity contribution in [2.24, 2.45) is 0 Å². The third kappa shape index (κ3) is 1.30. The highest BCUT2D eigenvalue weighted by Crippen LogP contribution is 2.35.